The van der Waals surface area contributed by atoms with Crippen LogP contribution in [0.1, 0.15) is 27.3 Å². The summed E-state index contributed by atoms with van der Waals surface area (Å²) in [6.07, 6.45) is 0. The summed E-state index contributed by atoms with van der Waals surface area (Å²) in [5, 5.41) is 0. The van der Waals surface area contributed by atoms with Crippen LogP contribution in [0.5, 0.6) is 0 Å². The Morgan fingerprint density at radius 3 is 2.68 bits per heavy atom. The molecule has 4 heteroatoms. The van der Waals surface area contributed by atoms with Crippen LogP contribution in [0.15, 0.2) is 36.4 Å². The molecule has 0 amide bonds. The van der Waals surface area contributed by atoms with E-state index in [-0.39, 0.29) is 12.6 Å². The van der Waals surface area contributed by atoms with Crippen molar-refractivity contribution in [1.29, 1.82) is 0 Å². The lowest BCUT2D eigenvalue weighted by atomic mass is 10.1. The predicted molar refractivity (Wildman–Crippen MR) is 73.7 cm³/mol. The number of carbonyl (C=O) groups is 1. The van der Waals surface area contributed by atoms with E-state index in [0.717, 1.165) is 17.0 Å². The topological polar surface area (TPSA) is 65.2 Å². The van der Waals surface area contributed by atoms with Gasteiger partial charge >= 0.3 is 5.97 Å². The SMILES string of the molecule is Cc1cccc(COC(=O)c2cccc(N)c2C)n1. The highest BCUT2D eigenvalue weighted by molar-refractivity contribution is 5.92. The third-order valence-corrected chi connectivity index (χ3v) is 2.89. The summed E-state index contributed by atoms with van der Waals surface area (Å²) in [4.78, 5) is 16.2. The molecule has 0 bridgehead atoms. The minimum Gasteiger partial charge on any atom is -0.456 e. The highest BCUT2D eigenvalue weighted by atomic mass is 16.5. The molecule has 19 heavy (non-hydrogen) atoms. The number of nitrogen functional groups attached to an aromatic ring is 1. The number of anilines is 1. The Morgan fingerprint density at radius 2 is 1.95 bits per heavy atom. The van der Waals surface area contributed by atoms with E-state index in [0.29, 0.717) is 11.3 Å². The van der Waals surface area contributed by atoms with E-state index in [4.69, 9.17) is 10.5 Å². The van der Waals surface area contributed by atoms with Crippen molar-refractivity contribution >= 4 is 11.7 Å². The molecule has 0 atom stereocenters. The van der Waals surface area contributed by atoms with Crippen molar-refractivity contribution in [2.24, 2.45) is 0 Å². The Labute approximate surface area is 112 Å². The Morgan fingerprint density at radius 1 is 1.21 bits per heavy atom. The maximum Gasteiger partial charge on any atom is 0.338 e. The number of nitrogens with zero attached hydrogens (tertiary/aromatic N) is 1. The van der Waals surface area contributed by atoms with Gasteiger partial charge < -0.3 is 10.5 Å². The molecule has 0 saturated heterocycles. The van der Waals surface area contributed by atoms with Crippen LogP contribution < -0.4 is 5.73 Å². The number of hydrogen-bond donors (Lipinski definition) is 1. The van der Waals surface area contributed by atoms with Gasteiger partial charge in [-0.05, 0) is 43.7 Å². The van der Waals surface area contributed by atoms with Crippen molar-refractivity contribution in [3.8, 4) is 0 Å². The van der Waals surface area contributed by atoms with Crippen LogP contribution in [0, 0.1) is 13.8 Å². The van der Waals surface area contributed by atoms with E-state index in [9.17, 15) is 4.79 Å². The lowest BCUT2D eigenvalue weighted by Gasteiger charge is -2.08. The van der Waals surface area contributed by atoms with Crippen molar-refractivity contribution < 1.29 is 9.53 Å². The van der Waals surface area contributed by atoms with Gasteiger partial charge in [0.2, 0.25) is 0 Å². The average Bonchev–Trinajstić information content (AvgIpc) is 2.39. The van der Waals surface area contributed by atoms with Crippen LogP contribution in [0.25, 0.3) is 0 Å². The van der Waals surface area contributed by atoms with Crippen molar-refractivity contribution in [3.05, 3.63) is 58.9 Å². The monoisotopic (exact) mass is 256 g/mol. The number of nitrogens with two attached hydrogens (primary N) is 1. The lowest BCUT2D eigenvalue weighted by Crippen LogP contribution is -2.09. The molecule has 0 aliphatic heterocycles. The summed E-state index contributed by atoms with van der Waals surface area (Å²) in [7, 11) is 0. The molecule has 98 valence electrons. The number of ether oxygens (including phenoxy) is 1. The molecule has 1 aromatic heterocycles. The van der Waals surface area contributed by atoms with Crippen LogP contribution >= 0.6 is 0 Å². The fourth-order valence-electron chi connectivity index (χ4n) is 1.77. The molecule has 2 rings (SSSR count). The number of benzene rings is 1. The Hall–Kier alpha value is -2.36. The van der Waals surface area contributed by atoms with Gasteiger partial charge in [0.25, 0.3) is 0 Å². The molecule has 2 N–H and O–H groups in total. The molecule has 0 fully saturated rings. The number of hydrogen-bond acceptors (Lipinski definition) is 4. The molecular formula is C15H16N2O2. The number of pyridine rings is 1. The van der Waals surface area contributed by atoms with E-state index in [2.05, 4.69) is 4.98 Å². The van der Waals surface area contributed by atoms with Crippen LogP contribution in [-0.2, 0) is 11.3 Å². The second kappa shape index (κ2) is 5.52. The molecule has 1 heterocycles. The maximum atomic E-state index is 12.0. The first-order valence-electron chi connectivity index (χ1n) is 6.02. The molecule has 4 nitrogen and oxygen atoms in total. The first-order chi connectivity index (χ1) is 9.08. The normalized spacial score (nSPS) is 10.2. The fourth-order valence-corrected chi connectivity index (χ4v) is 1.77. The van der Waals surface area contributed by atoms with Crippen LogP contribution in [0.2, 0.25) is 0 Å². The molecule has 0 aliphatic carbocycles. The predicted octanol–water partition coefficient (Wildman–Crippen LogP) is 2.64. The third-order valence-electron chi connectivity index (χ3n) is 2.89. The lowest BCUT2D eigenvalue weighted by molar-refractivity contribution is 0.0467. The van der Waals surface area contributed by atoms with Crippen LogP contribution in [0.3, 0.4) is 0 Å². The van der Waals surface area contributed by atoms with Gasteiger partial charge in [-0.1, -0.05) is 12.1 Å². The van der Waals surface area contributed by atoms with E-state index in [1.165, 1.54) is 0 Å². The second-order valence-corrected chi connectivity index (χ2v) is 4.37. The molecular weight excluding hydrogens is 240 g/mol. The van der Waals surface area contributed by atoms with Crippen molar-refractivity contribution in [1.82, 2.24) is 4.98 Å². The Bertz CT molecular complexity index is 609. The standard InChI is InChI=1S/C15H16N2O2/c1-10-5-3-6-12(17-10)9-19-15(18)13-7-4-8-14(16)11(13)2/h3-8H,9,16H2,1-2H3. The van der Waals surface area contributed by atoms with Crippen LogP contribution in [-0.4, -0.2) is 11.0 Å². The summed E-state index contributed by atoms with van der Waals surface area (Å²) in [6, 6.07) is 10.8. The minimum atomic E-state index is -0.381. The summed E-state index contributed by atoms with van der Waals surface area (Å²) in [6.45, 7) is 3.86. The first-order valence-corrected chi connectivity index (χ1v) is 6.02. The third kappa shape index (κ3) is 3.10. The quantitative estimate of drug-likeness (QED) is 0.677. The van der Waals surface area contributed by atoms with Gasteiger partial charge in [-0.15, -0.1) is 0 Å². The summed E-state index contributed by atoms with van der Waals surface area (Å²) in [5.41, 5.74) is 9.21. The molecule has 0 unspecified atom stereocenters. The van der Waals surface area contributed by atoms with Crippen LogP contribution in [0.4, 0.5) is 5.69 Å². The minimum absolute atomic E-state index is 0.161. The maximum absolute atomic E-state index is 12.0. The van der Waals surface area contributed by atoms with Gasteiger partial charge in [-0.2, -0.15) is 0 Å². The number of carbonyl (C=O) groups excluding carboxylic acids is 1. The van der Waals surface area contributed by atoms with Crippen molar-refractivity contribution in [2.45, 2.75) is 20.5 Å². The van der Waals surface area contributed by atoms with E-state index >= 15 is 0 Å². The van der Waals surface area contributed by atoms with Gasteiger partial charge in [-0.25, -0.2) is 4.79 Å². The van der Waals surface area contributed by atoms with Gasteiger partial charge in [0, 0.05) is 11.4 Å². The number of esters is 1. The molecule has 0 saturated carbocycles. The second-order valence-electron chi connectivity index (χ2n) is 4.37. The highest BCUT2D eigenvalue weighted by Crippen LogP contribution is 2.16. The van der Waals surface area contributed by atoms with E-state index in [1.807, 2.05) is 25.1 Å². The number of aryl methyl sites for hydroxylation is 1. The average molecular weight is 256 g/mol. The highest BCUT2D eigenvalue weighted by Gasteiger charge is 2.12. The molecule has 0 spiro atoms. The van der Waals surface area contributed by atoms with Gasteiger partial charge in [0.15, 0.2) is 0 Å². The number of rotatable bonds is 3. The molecule has 0 aliphatic rings. The van der Waals surface area contributed by atoms with Gasteiger partial charge in [0.1, 0.15) is 6.61 Å². The summed E-state index contributed by atoms with van der Waals surface area (Å²) < 4.78 is 5.25. The zero-order chi connectivity index (χ0) is 13.8. The zero-order valence-electron chi connectivity index (χ0n) is 11.0. The first kappa shape index (κ1) is 13.1. The Balaban J connectivity index is 2.08. The fraction of sp³-hybridized carbons (Fsp3) is 0.200. The van der Waals surface area contributed by atoms with E-state index < -0.39 is 0 Å². The largest absolute Gasteiger partial charge is 0.456 e. The van der Waals surface area contributed by atoms with Crippen molar-refractivity contribution in [3.63, 3.8) is 0 Å². The zero-order valence-corrected chi connectivity index (χ0v) is 11.0. The van der Waals surface area contributed by atoms with Gasteiger partial charge in [0.05, 0.1) is 11.3 Å². The number of aromatic nitrogens is 1. The molecule has 2 aromatic rings. The smallest absolute Gasteiger partial charge is 0.338 e. The van der Waals surface area contributed by atoms with E-state index in [1.54, 1.807) is 25.1 Å². The van der Waals surface area contributed by atoms with Gasteiger partial charge in [-0.3, -0.25) is 4.98 Å². The summed E-state index contributed by atoms with van der Waals surface area (Å²) >= 11 is 0. The Kier molecular flexibility index (Phi) is 3.80. The van der Waals surface area contributed by atoms with Crippen molar-refractivity contribution in [2.75, 3.05) is 5.73 Å². The molecule has 0 radical (unpaired) electrons. The summed E-state index contributed by atoms with van der Waals surface area (Å²) in [5.74, 6) is -0.381. The molecule has 1 aromatic carbocycles.